The first kappa shape index (κ1) is 49.6. The Morgan fingerprint density at radius 3 is 1.25 bits per heavy atom. The third-order valence-electron chi connectivity index (χ3n) is 9.75. The smallest absolute Gasteiger partial charge is 0.306 e. The molecule has 4 nitrogen and oxygen atoms in total. The largest absolute Gasteiger partial charge is 0.481 e. The van der Waals surface area contributed by atoms with E-state index in [1.807, 2.05) is 0 Å². The number of allylic oxidation sites excluding steroid dienone is 10. The molecule has 4 heteroatoms. The van der Waals surface area contributed by atoms with Crippen molar-refractivity contribution in [2.45, 2.75) is 232 Å². The van der Waals surface area contributed by atoms with Gasteiger partial charge in [-0.1, -0.05) is 190 Å². The fourth-order valence-corrected chi connectivity index (χ4v) is 6.51. The number of carboxylic acid groups (broad SMARTS) is 1. The molecule has 0 aromatic carbocycles. The average Bonchev–Trinajstić information content (AvgIpc) is 3.13. The quantitative estimate of drug-likeness (QED) is 0.0388. The van der Waals surface area contributed by atoms with Gasteiger partial charge in [-0.25, -0.2) is 0 Å². The molecule has 0 spiro atoms. The predicted molar refractivity (Wildman–Crippen MR) is 227 cm³/mol. The van der Waals surface area contributed by atoms with Crippen molar-refractivity contribution in [2.75, 3.05) is 0 Å². The molecule has 300 valence electrons. The molecule has 0 aliphatic heterocycles. The zero-order valence-corrected chi connectivity index (χ0v) is 34.4. The predicted octanol–water partition coefficient (Wildman–Crippen LogP) is 15.7. The van der Waals surface area contributed by atoms with Crippen LogP contribution in [0.25, 0.3) is 0 Å². The summed E-state index contributed by atoms with van der Waals surface area (Å²) in [6.45, 7) is 4.44. The lowest BCUT2D eigenvalue weighted by atomic mass is 10.0. The maximum absolute atomic E-state index is 12.7. The average molecular weight is 725 g/mol. The first-order valence-corrected chi connectivity index (χ1v) is 22.3. The van der Waals surface area contributed by atoms with Gasteiger partial charge >= 0.3 is 11.9 Å². The number of rotatable bonds is 40. The standard InChI is InChI=1S/C48H84O4/c1-3-5-7-9-11-13-15-17-19-20-21-22-23-24-25-27-29-31-33-35-41-45-48(51)52-46(43-39-36-37-40-44-47(49)50)42-38-34-32-30-28-26-18-16-14-12-10-8-6-4-2/h5,7,11,13,17,19,21-22,24-25,46H,3-4,6,8-10,12,14-16,18,20,23,26-45H2,1-2H3,(H,49,50)/b7-5-,13-11-,19-17-,22-21-,25-24-. The van der Waals surface area contributed by atoms with E-state index in [0.29, 0.717) is 6.42 Å². The van der Waals surface area contributed by atoms with Gasteiger partial charge in [0.15, 0.2) is 0 Å². The Labute approximate surface area is 323 Å². The molecule has 1 atom stereocenters. The number of carboxylic acids is 1. The lowest BCUT2D eigenvalue weighted by Gasteiger charge is -2.18. The summed E-state index contributed by atoms with van der Waals surface area (Å²) in [5.74, 6) is -0.741. The number of unbranched alkanes of at least 4 members (excludes halogenated alkanes) is 21. The molecule has 0 fully saturated rings. The van der Waals surface area contributed by atoms with Gasteiger partial charge in [0.05, 0.1) is 0 Å². The molecule has 0 saturated carbocycles. The summed E-state index contributed by atoms with van der Waals surface area (Å²) >= 11 is 0. The molecular weight excluding hydrogens is 641 g/mol. The minimum Gasteiger partial charge on any atom is -0.481 e. The molecular formula is C48H84O4. The highest BCUT2D eigenvalue weighted by molar-refractivity contribution is 5.69. The molecule has 0 aliphatic carbocycles. The summed E-state index contributed by atoms with van der Waals surface area (Å²) in [7, 11) is 0. The van der Waals surface area contributed by atoms with Crippen LogP contribution in [0.2, 0.25) is 0 Å². The van der Waals surface area contributed by atoms with Gasteiger partial charge in [-0.3, -0.25) is 9.59 Å². The van der Waals surface area contributed by atoms with Gasteiger partial charge in [-0.2, -0.15) is 0 Å². The highest BCUT2D eigenvalue weighted by atomic mass is 16.5. The molecule has 0 aliphatic rings. The van der Waals surface area contributed by atoms with Crippen molar-refractivity contribution in [3.63, 3.8) is 0 Å². The first-order valence-electron chi connectivity index (χ1n) is 22.3. The van der Waals surface area contributed by atoms with Crippen molar-refractivity contribution in [1.82, 2.24) is 0 Å². The van der Waals surface area contributed by atoms with E-state index in [9.17, 15) is 9.59 Å². The first-order chi connectivity index (χ1) is 25.6. The van der Waals surface area contributed by atoms with E-state index >= 15 is 0 Å². The van der Waals surface area contributed by atoms with Crippen LogP contribution in [0.5, 0.6) is 0 Å². The molecule has 0 rings (SSSR count). The maximum Gasteiger partial charge on any atom is 0.306 e. The Bertz CT molecular complexity index is 911. The third-order valence-corrected chi connectivity index (χ3v) is 9.75. The second kappa shape index (κ2) is 43.0. The molecule has 1 unspecified atom stereocenters. The monoisotopic (exact) mass is 725 g/mol. The van der Waals surface area contributed by atoms with Gasteiger partial charge in [0, 0.05) is 12.8 Å². The summed E-state index contributed by atoms with van der Waals surface area (Å²) in [4.78, 5) is 23.5. The zero-order valence-electron chi connectivity index (χ0n) is 34.4. The fourth-order valence-electron chi connectivity index (χ4n) is 6.51. The van der Waals surface area contributed by atoms with Gasteiger partial charge in [-0.15, -0.1) is 0 Å². The normalized spacial score (nSPS) is 12.8. The van der Waals surface area contributed by atoms with E-state index in [0.717, 1.165) is 96.3 Å². The molecule has 0 aromatic heterocycles. The van der Waals surface area contributed by atoms with E-state index in [4.69, 9.17) is 9.84 Å². The molecule has 0 bridgehead atoms. The Hall–Kier alpha value is -2.36. The fraction of sp³-hybridized carbons (Fsp3) is 0.750. The van der Waals surface area contributed by atoms with Crippen LogP contribution in [0.4, 0.5) is 0 Å². The van der Waals surface area contributed by atoms with E-state index in [-0.39, 0.29) is 18.5 Å². The van der Waals surface area contributed by atoms with E-state index < -0.39 is 5.97 Å². The van der Waals surface area contributed by atoms with Crippen molar-refractivity contribution >= 4 is 11.9 Å². The van der Waals surface area contributed by atoms with Crippen molar-refractivity contribution < 1.29 is 19.4 Å². The summed E-state index contributed by atoms with van der Waals surface area (Å²) in [5.41, 5.74) is 0. The van der Waals surface area contributed by atoms with Crippen LogP contribution >= 0.6 is 0 Å². The van der Waals surface area contributed by atoms with Crippen LogP contribution in [0, 0.1) is 0 Å². The number of esters is 1. The Morgan fingerprint density at radius 1 is 0.442 bits per heavy atom. The summed E-state index contributed by atoms with van der Waals surface area (Å²) in [5, 5.41) is 8.88. The number of aliphatic carboxylic acids is 1. The minimum atomic E-state index is -0.713. The van der Waals surface area contributed by atoms with Crippen LogP contribution in [-0.4, -0.2) is 23.1 Å². The van der Waals surface area contributed by atoms with E-state index in [1.165, 1.54) is 103 Å². The van der Waals surface area contributed by atoms with Gasteiger partial charge in [0.2, 0.25) is 0 Å². The SMILES string of the molecule is CC/C=C\C/C=C\C/C=C\C/C=C\C/C=C\CCCCCCCC(=O)OC(CCCCCCCCCCCCCCCC)CCCCCCC(=O)O. The highest BCUT2D eigenvalue weighted by Crippen LogP contribution is 2.19. The number of carbonyl (C=O) groups is 2. The molecule has 0 heterocycles. The Morgan fingerprint density at radius 2 is 0.808 bits per heavy atom. The maximum atomic E-state index is 12.7. The van der Waals surface area contributed by atoms with E-state index in [1.54, 1.807) is 0 Å². The van der Waals surface area contributed by atoms with Crippen LogP contribution in [0.1, 0.15) is 226 Å². The number of hydrogen-bond donors (Lipinski definition) is 1. The zero-order chi connectivity index (χ0) is 37.8. The minimum absolute atomic E-state index is 0.0211. The van der Waals surface area contributed by atoms with Crippen molar-refractivity contribution in [3.8, 4) is 0 Å². The Balaban J connectivity index is 4.00. The second-order valence-corrected chi connectivity index (χ2v) is 14.9. The third kappa shape index (κ3) is 42.1. The number of hydrogen-bond acceptors (Lipinski definition) is 3. The molecule has 0 saturated heterocycles. The molecule has 0 aromatic rings. The molecule has 52 heavy (non-hydrogen) atoms. The van der Waals surface area contributed by atoms with Crippen molar-refractivity contribution in [1.29, 1.82) is 0 Å². The van der Waals surface area contributed by atoms with Gasteiger partial charge in [0.1, 0.15) is 6.10 Å². The lowest BCUT2D eigenvalue weighted by Crippen LogP contribution is -2.18. The van der Waals surface area contributed by atoms with Crippen molar-refractivity contribution in [2.24, 2.45) is 0 Å². The molecule has 0 amide bonds. The topological polar surface area (TPSA) is 63.6 Å². The molecule has 1 N–H and O–H groups in total. The summed E-state index contributed by atoms with van der Waals surface area (Å²) < 4.78 is 6.00. The number of carbonyl (C=O) groups excluding carboxylic acids is 1. The molecule has 0 radical (unpaired) electrons. The van der Waals surface area contributed by atoms with Gasteiger partial charge in [-0.05, 0) is 83.5 Å². The van der Waals surface area contributed by atoms with E-state index in [2.05, 4.69) is 74.6 Å². The van der Waals surface area contributed by atoms with Crippen LogP contribution in [0.15, 0.2) is 60.8 Å². The second-order valence-electron chi connectivity index (χ2n) is 14.9. The Kier molecular flexibility index (Phi) is 41.1. The summed E-state index contributed by atoms with van der Waals surface area (Å²) in [6.07, 6.45) is 59.6. The van der Waals surface area contributed by atoms with Crippen LogP contribution in [0.3, 0.4) is 0 Å². The highest BCUT2D eigenvalue weighted by Gasteiger charge is 2.14. The summed E-state index contributed by atoms with van der Waals surface area (Å²) in [6, 6.07) is 0. The van der Waals surface area contributed by atoms with Crippen molar-refractivity contribution in [3.05, 3.63) is 60.8 Å². The van der Waals surface area contributed by atoms with Gasteiger partial charge < -0.3 is 9.84 Å². The number of ether oxygens (including phenoxy) is 1. The van der Waals surface area contributed by atoms with Crippen LogP contribution in [-0.2, 0) is 14.3 Å². The lowest BCUT2D eigenvalue weighted by molar-refractivity contribution is -0.150. The van der Waals surface area contributed by atoms with Gasteiger partial charge in [0.25, 0.3) is 0 Å². The van der Waals surface area contributed by atoms with Crippen LogP contribution < -0.4 is 0 Å².